The number of nitrogens with zero attached hydrogens (tertiary/aromatic N) is 2. The predicted molar refractivity (Wildman–Crippen MR) is 72.6 cm³/mol. The molecule has 1 N–H and O–H groups in total. The Balaban J connectivity index is 2.37. The first-order chi connectivity index (χ1) is 8.52. The van der Waals surface area contributed by atoms with E-state index in [0.29, 0.717) is 0 Å². The van der Waals surface area contributed by atoms with Crippen LogP contribution in [-0.4, -0.2) is 14.9 Å². The van der Waals surface area contributed by atoms with Gasteiger partial charge in [-0.15, -0.1) is 0 Å². The van der Waals surface area contributed by atoms with Crippen molar-refractivity contribution in [3.63, 3.8) is 0 Å². The molecule has 0 fully saturated rings. The lowest BCUT2D eigenvalue weighted by atomic mass is 10.0. The zero-order chi connectivity index (χ0) is 13.3. The van der Waals surface area contributed by atoms with Crippen LogP contribution in [0, 0.1) is 13.8 Å². The summed E-state index contributed by atoms with van der Waals surface area (Å²) in [6, 6.07) is 8.04. The molecule has 1 aromatic carbocycles. The van der Waals surface area contributed by atoms with Gasteiger partial charge in [0.15, 0.2) is 0 Å². The summed E-state index contributed by atoms with van der Waals surface area (Å²) in [6.07, 6.45) is 0.273. The van der Waals surface area contributed by atoms with Gasteiger partial charge in [0.05, 0.1) is 11.4 Å². The fourth-order valence-corrected chi connectivity index (χ4v) is 2.08. The summed E-state index contributed by atoms with van der Waals surface area (Å²) in [4.78, 5) is 0. The number of aromatic nitrogens is 2. The third kappa shape index (κ3) is 2.31. The second-order valence-electron chi connectivity index (χ2n) is 4.78. The second kappa shape index (κ2) is 4.94. The van der Waals surface area contributed by atoms with Gasteiger partial charge in [0.1, 0.15) is 6.10 Å². The van der Waals surface area contributed by atoms with E-state index >= 15 is 0 Å². The van der Waals surface area contributed by atoms with E-state index in [2.05, 4.69) is 25.9 Å². The van der Waals surface area contributed by atoms with Gasteiger partial charge in [-0.25, -0.2) is 0 Å². The summed E-state index contributed by atoms with van der Waals surface area (Å²) < 4.78 is 1.76. The molecule has 18 heavy (non-hydrogen) atoms. The van der Waals surface area contributed by atoms with Crippen LogP contribution in [-0.2, 0) is 13.5 Å². The van der Waals surface area contributed by atoms with E-state index in [1.165, 1.54) is 11.1 Å². The van der Waals surface area contributed by atoms with Crippen LogP contribution in [0.5, 0.6) is 0 Å². The SMILES string of the molecule is CCc1cc(C(O)c2ccc(C)c(C)c2)n(C)n1. The van der Waals surface area contributed by atoms with Crippen LogP contribution in [0.4, 0.5) is 0 Å². The van der Waals surface area contributed by atoms with Crippen LogP contribution in [0.25, 0.3) is 0 Å². The molecule has 1 atom stereocenters. The van der Waals surface area contributed by atoms with E-state index in [9.17, 15) is 5.11 Å². The highest BCUT2D eigenvalue weighted by Gasteiger charge is 2.16. The highest BCUT2D eigenvalue weighted by Crippen LogP contribution is 2.24. The maximum Gasteiger partial charge on any atom is 0.121 e. The maximum absolute atomic E-state index is 10.4. The van der Waals surface area contributed by atoms with Crippen molar-refractivity contribution < 1.29 is 5.11 Å². The van der Waals surface area contributed by atoms with Crippen LogP contribution in [0.1, 0.15) is 41.1 Å². The first kappa shape index (κ1) is 12.8. The van der Waals surface area contributed by atoms with Gasteiger partial charge in [-0.05, 0) is 43.0 Å². The largest absolute Gasteiger partial charge is 0.382 e. The molecule has 1 aromatic heterocycles. The molecule has 0 aliphatic carbocycles. The number of aryl methyl sites for hydroxylation is 4. The Morgan fingerprint density at radius 1 is 1.22 bits per heavy atom. The average Bonchev–Trinajstić information content (AvgIpc) is 2.73. The Labute approximate surface area is 108 Å². The minimum atomic E-state index is -0.609. The lowest BCUT2D eigenvalue weighted by Crippen LogP contribution is -2.07. The lowest BCUT2D eigenvalue weighted by Gasteiger charge is -2.13. The Bertz CT molecular complexity index is 558. The van der Waals surface area contributed by atoms with E-state index in [0.717, 1.165) is 23.4 Å². The van der Waals surface area contributed by atoms with Crippen molar-refractivity contribution in [1.82, 2.24) is 9.78 Å². The van der Waals surface area contributed by atoms with Gasteiger partial charge in [0.2, 0.25) is 0 Å². The van der Waals surface area contributed by atoms with Crippen LogP contribution < -0.4 is 0 Å². The van der Waals surface area contributed by atoms with Crippen LogP contribution in [0.15, 0.2) is 24.3 Å². The summed E-state index contributed by atoms with van der Waals surface area (Å²) in [6.45, 7) is 6.20. The molecule has 1 heterocycles. The molecule has 1 unspecified atom stereocenters. The standard InChI is InChI=1S/C15H20N2O/c1-5-13-9-14(17(4)16-13)15(18)12-7-6-10(2)11(3)8-12/h6-9,15,18H,5H2,1-4H3. The van der Waals surface area contributed by atoms with Gasteiger partial charge >= 0.3 is 0 Å². The summed E-state index contributed by atoms with van der Waals surface area (Å²) >= 11 is 0. The third-order valence-corrected chi connectivity index (χ3v) is 3.46. The normalized spacial score (nSPS) is 12.7. The molecule has 0 saturated heterocycles. The third-order valence-electron chi connectivity index (χ3n) is 3.46. The molecule has 3 heteroatoms. The number of hydrogen-bond donors (Lipinski definition) is 1. The fraction of sp³-hybridized carbons (Fsp3) is 0.400. The van der Waals surface area contributed by atoms with Crippen LogP contribution >= 0.6 is 0 Å². The zero-order valence-electron chi connectivity index (χ0n) is 11.4. The van der Waals surface area contributed by atoms with Gasteiger partial charge in [-0.1, -0.05) is 25.1 Å². The number of benzene rings is 1. The molecule has 0 amide bonds. The average molecular weight is 244 g/mol. The van der Waals surface area contributed by atoms with Crippen molar-refractivity contribution in [3.8, 4) is 0 Å². The molecule has 0 radical (unpaired) electrons. The summed E-state index contributed by atoms with van der Waals surface area (Å²) in [5, 5.41) is 14.8. The number of aliphatic hydroxyl groups is 1. The lowest BCUT2D eigenvalue weighted by molar-refractivity contribution is 0.209. The smallest absolute Gasteiger partial charge is 0.121 e. The number of rotatable bonds is 3. The van der Waals surface area contributed by atoms with Gasteiger partial charge in [0.25, 0.3) is 0 Å². The Morgan fingerprint density at radius 2 is 1.94 bits per heavy atom. The van der Waals surface area contributed by atoms with Crippen molar-refractivity contribution >= 4 is 0 Å². The van der Waals surface area contributed by atoms with E-state index in [-0.39, 0.29) is 0 Å². The molecule has 0 spiro atoms. The topological polar surface area (TPSA) is 38.0 Å². The Morgan fingerprint density at radius 3 is 2.50 bits per heavy atom. The van der Waals surface area contributed by atoms with Gasteiger partial charge in [-0.3, -0.25) is 4.68 Å². The van der Waals surface area contributed by atoms with Gasteiger partial charge < -0.3 is 5.11 Å². The Kier molecular flexibility index (Phi) is 3.53. The number of hydrogen-bond acceptors (Lipinski definition) is 2. The van der Waals surface area contributed by atoms with Crippen molar-refractivity contribution in [2.75, 3.05) is 0 Å². The Hall–Kier alpha value is -1.61. The molecular formula is C15H20N2O. The predicted octanol–water partition coefficient (Wildman–Crippen LogP) is 2.68. The van der Waals surface area contributed by atoms with Crippen molar-refractivity contribution in [2.24, 2.45) is 7.05 Å². The van der Waals surface area contributed by atoms with Crippen molar-refractivity contribution in [2.45, 2.75) is 33.3 Å². The molecule has 3 nitrogen and oxygen atoms in total. The van der Waals surface area contributed by atoms with Crippen LogP contribution in [0.3, 0.4) is 0 Å². The molecule has 2 aromatic rings. The highest BCUT2D eigenvalue weighted by atomic mass is 16.3. The summed E-state index contributed by atoms with van der Waals surface area (Å²) in [5.41, 5.74) is 5.21. The molecule has 2 rings (SSSR count). The van der Waals surface area contributed by atoms with Gasteiger partial charge in [-0.2, -0.15) is 5.10 Å². The monoisotopic (exact) mass is 244 g/mol. The molecule has 0 bridgehead atoms. The zero-order valence-corrected chi connectivity index (χ0v) is 11.4. The van der Waals surface area contributed by atoms with E-state index < -0.39 is 6.10 Å². The van der Waals surface area contributed by atoms with E-state index in [1.54, 1.807) is 4.68 Å². The van der Waals surface area contributed by atoms with E-state index in [4.69, 9.17) is 0 Å². The van der Waals surface area contributed by atoms with Crippen LogP contribution in [0.2, 0.25) is 0 Å². The highest BCUT2D eigenvalue weighted by molar-refractivity contribution is 5.34. The van der Waals surface area contributed by atoms with E-state index in [1.807, 2.05) is 31.3 Å². The fourth-order valence-electron chi connectivity index (χ4n) is 2.08. The number of aliphatic hydroxyl groups excluding tert-OH is 1. The van der Waals surface area contributed by atoms with Crippen molar-refractivity contribution in [1.29, 1.82) is 0 Å². The maximum atomic E-state index is 10.4. The minimum absolute atomic E-state index is 0.609. The summed E-state index contributed by atoms with van der Waals surface area (Å²) in [7, 11) is 1.87. The molecule has 0 saturated carbocycles. The molecular weight excluding hydrogens is 224 g/mol. The molecule has 0 aliphatic heterocycles. The first-order valence-corrected chi connectivity index (χ1v) is 6.31. The molecule has 0 aliphatic rings. The van der Waals surface area contributed by atoms with Gasteiger partial charge in [0, 0.05) is 7.05 Å². The van der Waals surface area contributed by atoms with Crippen molar-refractivity contribution in [3.05, 3.63) is 52.3 Å². The minimum Gasteiger partial charge on any atom is -0.382 e. The summed E-state index contributed by atoms with van der Waals surface area (Å²) in [5.74, 6) is 0. The molecule has 96 valence electrons. The first-order valence-electron chi connectivity index (χ1n) is 6.31. The second-order valence-corrected chi connectivity index (χ2v) is 4.78. The quantitative estimate of drug-likeness (QED) is 0.901.